The molecule has 0 amide bonds. The van der Waals surface area contributed by atoms with Gasteiger partial charge < -0.3 is 19.7 Å². The van der Waals surface area contributed by atoms with Crippen LogP contribution in [0.15, 0.2) is 0 Å². The van der Waals surface area contributed by atoms with Crippen molar-refractivity contribution in [2.75, 3.05) is 19.8 Å². The number of ether oxygens (including phenoxy) is 2. The molecule has 0 aliphatic carbocycles. The zero-order valence-corrected chi connectivity index (χ0v) is 11.3. The molecule has 0 saturated carbocycles. The van der Waals surface area contributed by atoms with E-state index >= 15 is 0 Å². The number of hydrogen-bond acceptors (Lipinski definition) is 6. The largest absolute Gasteiger partial charge is 0.462 e. The second-order valence-corrected chi connectivity index (χ2v) is 3.62. The number of carbonyl (C=O) groups is 2. The van der Waals surface area contributed by atoms with Crippen molar-refractivity contribution < 1.29 is 29.3 Å². The highest BCUT2D eigenvalue weighted by atomic mass is 16.6. The monoisotopic (exact) mass is 264 g/mol. The van der Waals surface area contributed by atoms with Gasteiger partial charge in [0, 0.05) is 13.8 Å². The minimum Gasteiger partial charge on any atom is -0.462 e. The lowest BCUT2D eigenvalue weighted by molar-refractivity contribution is -0.156. The van der Waals surface area contributed by atoms with Crippen LogP contribution in [0.1, 0.15) is 40.0 Å². The summed E-state index contributed by atoms with van der Waals surface area (Å²) in [5.74, 6) is -0.683. The summed E-state index contributed by atoms with van der Waals surface area (Å²) in [5, 5.41) is 15.2. The van der Waals surface area contributed by atoms with Gasteiger partial charge in [-0.05, 0) is 12.8 Å². The first kappa shape index (κ1) is 19.2. The first-order valence-electron chi connectivity index (χ1n) is 6.00. The summed E-state index contributed by atoms with van der Waals surface area (Å²) in [7, 11) is 0. The van der Waals surface area contributed by atoms with Gasteiger partial charge in [0.05, 0.1) is 13.2 Å². The van der Waals surface area contributed by atoms with Crippen molar-refractivity contribution in [1.29, 1.82) is 0 Å². The van der Waals surface area contributed by atoms with Gasteiger partial charge in [-0.1, -0.05) is 13.3 Å². The van der Waals surface area contributed by atoms with Crippen molar-refractivity contribution in [3.05, 3.63) is 0 Å². The van der Waals surface area contributed by atoms with E-state index in [1.165, 1.54) is 13.8 Å². The Kier molecular flexibility index (Phi) is 14.9. The standard InChI is InChI=1S/C10H18O4.C2H6O2/c1-4-5-6-10(14-9(3)12)7-13-8(2)11;3-1-2-4/h10H,4-7H2,1-3H3;3-4H,1-2H2. The molecule has 1 atom stereocenters. The predicted octanol–water partition coefficient (Wildman–Crippen LogP) is 0.642. The Bertz CT molecular complexity index is 215. The van der Waals surface area contributed by atoms with Gasteiger partial charge in [0.2, 0.25) is 0 Å². The lowest BCUT2D eigenvalue weighted by atomic mass is 10.2. The van der Waals surface area contributed by atoms with Crippen LogP contribution in [0, 0.1) is 0 Å². The molecule has 18 heavy (non-hydrogen) atoms. The number of unbranched alkanes of at least 4 members (excludes halogenated alkanes) is 1. The van der Waals surface area contributed by atoms with Gasteiger partial charge in [-0.15, -0.1) is 0 Å². The van der Waals surface area contributed by atoms with Crippen LogP contribution >= 0.6 is 0 Å². The van der Waals surface area contributed by atoms with E-state index in [1.807, 2.05) is 0 Å². The number of hydrogen-bond donors (Lipinski definition) is 2. The van der Waals surface area contributed by atoms with E-state index in [-0.39, 0.29) is 37.9 Å². The molecule has 0 aromatic heterocycles. The smallest absolute Gasteiger partial charge is 0.303 e. The Morgan fingerprint density at radius 1 is 1.11 bits per heavy atom. The Hall–Kier alpha value is -1.14. The molecule has 0 heterocycles. The zero-order valence-electron chi connectivity index (χ0n) is 11.3. The Balaban J connectivity index is 0. The first-order chi connectivity index (χ1) is 8.47. The fourth-order valence-electron chi connectivity index (χ4n) is 1.05. The van der Waals surface area contributed by atoms with Crippen LogP contribution in [-0.2, 0) is 19.1 Å². The molecule has 0 bridgehead atoms. The second-order valence-electron chi connectivity index (χ2n) is 3.62. The van der Waals surface area contributed by atoms with Crippen LogP contribution in [0.25, 0.3) is 0 Å². The molecule has 2 N–H and O–H groups in total. The molecular weight excluding hydrogens is 240 g/mol. The summed E-state index contributed by atoms with van der Waals surface area (Å²) in [6.45, 7) is 4.66. The van der Waals surface area contributed by atoms with Crippen molar-refractivity contribution in [1.82, 2.24) is 0 Å². The topological polar surface area (TPSA) is 93.1 Å². The van der Waals surface area contributed by atoms with Gasteiger partial charge in [-0.2, -0.15) is 0 Å². The third-order valence-corrected chi connectivity index (χ3v) is 1.78. The van der Waals surface area contributed by atoms with Crippen molar-refractivity contribution >= 4 is 11.9 Å². The average Bonchev–Trinajstić information content (AvgIpc) is 2.32. The van der Waals surface area contributed by atoms with E-state index in [2.05, 4.69) is 6.92 Å². The maximum atomic E-state index is 10.7. The molecule has 0 radical (unpaired) electrons. The number of carbonyl (C=O) groups excluding carboxylic acids is 2. The van der Waals surface area contributed by atoms with Crippen LogP contribution < -0.4 is 0 Å². The van der Waals surface area contributed by atoms with Gasteiger partial charge in [0.25, 0.3) is 0 Å². The molecule has 0 aliphatic rings. The van der Waals surface area contributed by atoms with Gasteiger partial charge >= 0.3 is 11.9 Å². The highest BCUT2D eigenvalue weighted by molar-refractivity contribution is 5.67. The summed E-state index contributed by atoms with van der Waals surface area (Å²) in [6.07, 6.45) is 2.43. The zero-order chi connectivity index (χ0) is 14.4. The van der Waals surface area contributed by atoms with Crippen LogP contribution in [0.5, 0.6) is 0 Å². The van der Waals surface area contributed by atoms with Crippen molar-refractivity contribution in [3.63, 3.8) is 0 Å². The van der Waals surface area contributed by atoms with Crippen molar-refractivity contribution in [2.24, 2.45) is 0 Å². The van der Waals surface area contributed by atoms with Crippen LogP contribution in [0.3, 0.4) is 0 Å². The Morgan fingerprint density at radius 2 is 1.67 bits per heavy atom. The van der Waals surface area contributed by atoms with Crippen LogP contribution in [0.4, 0.5) is 0 Å². The summed E-state index contributed by atoms with van der Waals surface area (Å²) >= 11 is 0. The van der Waals surface area contributed by atoms with E-state index in [0.717, 1.165) is 19.3 Å². The van der Waals surface area contributed by atoms with Gasteiger partial charge in [0.1, 0.15) is 12.7 Å². The van der Waals surface area contributed by atoms with Crippen LogP contribution in [-0.4, -0.2) is 48.1 Å². The third-order valence-electron chi connectivity index (χ3n) is 1.78. The second kappa shape index (κ2) is 13.9. The Morgan fingerprint density at radius 3 is 2.00 bits per heavy atom. The maximum Gasteiger partial charge on any atom is 0.303 e. The predicted molar refractivity (Wildman–Crippen MR) is 65.9 cm³/mol. The first-order valence-corrected chi connectivity index (χ1v) is 6.00. The van der Waals surface area contributed by atoms with E-state index < -0.39 is 0 Å². The number of aliphatic hydroxyl groups is 2. The quantitative estimate of drug-likeness (QED) is 0.656. The minimum atomic E-state index is -0.348. The normalized spacial score (nSPS) is 10.9. The highest BCUT2D eigenvalue weighted by Gasteiger charge is 2.12. The SMILES string of the molecule is CCCCC(COC(C)=O)OC(C)=O.OCCO. The van der Waals surface area contributed by atoms with E-state index in [4.69, 9.17) is 19.7 Å². The molecule has 6 heteroatoms. The number of rotatable bonds is 7. The van der Waals surface area contributed by atoms with Crippen molar-refractivity contribution in [3.8, 4) is 0 Å². The molecule has 0 rings (SSSR count). The minimum absolute atomic E-state index is 0.125. The van der Waals surface area contributed by atoms with Crippen LogP contribution in [0.2, 0.25) is 0 Å². The van der Waals surface area contributed by atoms with E-state index in [9.17, 15) is 9.59 Å². The molecule has 0 spiro atoms. The molecule has 1 unspecified atom stereocenters. The summed E-state index contributed by atoms with van der Waals surface area (Å²) < 4.78 is 9.77. The molecule has 0 aromatic carbocycles. The number of esters is 2. The molecule has 108 valence electrons. The molecule has 0 saturated heterocycles. The van der Waals surface area contributed by atoms with Gasteiger partial charge in [0.15, 0.2) is 0 Å². The molecule has 0 fully saturated rings. The lowest BCUT2D eigenvalue weighted by Gasteiger charge is -2.15. The van der Waals surface area contributed by atoms with E-state index in [1.54, 1.807) is 0 Å². The molecule has 6 nitrogen and oxygen atoms in total. The van der Waals surface area contributed by atoms with Gasteiger partial charge in [-0.25, -0.2) is 0 Å². The molecule has 0 aromatic rings. The van der Waals surface area contributed by atoms with Gasteiger partial charge in [-0.3, -0.25) is 9.59 Å². The third kappa shape index (κ3) is 17.3. The number of aliphatic hydroxyl groups excluding tert-OH is 2. The highest BCUT2D eigenvalue weighted by Crippen LogP contribution is 2.06. The fraction of sp³-hybridized carbons (Fsp3) is 0.833. The summed E-state index contributed by atoms with van der Waals surface area (Å²) in [6, 6.07) is 0. The fourth-order valence-corrected chi connectivity index (χ4v) is 1.05. The molecule has 0 aliphatic heterocycles. The summed E-state index contributed by atoms with van der Waals surface area (Å²) in [5.41, 5.74) is 0. The van der Waals surface area contributed by atoms with Crippen molar-refractivity contribution in [2.45, 2.75) is 46.1 Å². The molecular formula is C12H24O6. The average molecular weight is 264 g/mol. The maximum absolute atomic E-state index is 10.7. The lowest BCUT2D eigenvalue weighted by Crippen LogP contribution is -2.23. The van der Waals surface area contributed by atoms with E-state index in [0.29, 0.717) is 0 Å². The summed E-state index contributed by atoms with van der Waals surface area (Å²) in [4.78, 5) is 21.2. The Labute approximate surface area is 108 Å².